The molecule has 2 aliphatic rings. The molecule has 0 spiro atoms. The van der Waals surface area contributed by atoms with E-state index in [1.165, 1.54) is 0 Å². The predicted octanol–water partition coefficient (Wildman–Crippen LogP) is -0.598. The number of nitrogens with one attached hydrogen (secondary N) is 3. The lowest BCUT2D eigenvalue weighted by molar-refractivity contribution is -0.122. The van der Waals surface area contributed by atoms with Crippen LogP contribution in [0.25, 0.3) is 0 Å². The van der Waals surface area contributed by atoms with Crippen LogP contribution in [0.3, 0.4) is 0 Å². The second-order valence-electron chi connectivity index (χ2n) is 8.11. The molecule has 10 nitrogen and oxygen atoms in total. The molecule has 164 valence electrons. The summed E-state index contributed by atoms with van der Waals surface area (Å²) >= 11 is 0. The van der Waals surface area contributed by atoms with E-state index in [1.807, 2.05) is 0 Å². The molecule has 1 aromatic heterocycles. The molecule has 2 saturated heterocycles. The van der Waals surface area contributed by atoms with Crippen molar-refractivity contribution in [3.05, 3.63) is 18.5 Å². The molecular weight excluding hydrogens is 384 g/mol. The molecule has 1 unspecified atom stereocenters. The van der Waals surface area contributed by atoms with E-state index in [4.69, 9.17) is 21.5 Å². The fourth-order valence-electron chi connectivity index (χ4n) is 3.88. The van der Waals surface area contributed by atoms with E-state index >= 15 is 0 Å². The number of likely N-dealkylation sites (tertiary alicyclic amines) is 1. The molecule has 0 aromatic carbocycles. The van der Waals surface area contributed by atoms with Gasteiger partial charge in [0, 0.05) is 44.9 Å². The van der Waals surface area contributed by atoms with Crippen molar-refractivity contribution in [3.63, 3.8) is 0 Å². The van der Waals surface area contributed by atoms with E-state index in [0.29, 0.717) is 30.9 Å². The van der Waals surface area contributed by atoms with Crippen molar-refractivity contribution in [2.24, 2.45) is 23.3 Å². The van der Waals surface area contributed by atoms with Gasteiger partial charge >= 0.3 is 0 Å². The molecule has 1 atom stereocenters. The highest BCUT2D eigenvalue weighted by Crippen LogP contribution is 2.27. The van der Waals surface area contributed by atoms with Crippen molar-refractivity contribution in [2.75, 3.05) is 38.5 Å². The van der Waals surface area contributed by atoms with Crippen molar-refractivity contribution < 1.29 is 9.53 Å². The van der Waals surface area contributed by atoms with Crippen LogP contribution < -0.4 is 32.2 Å². The summed E-state index contributed by atoms with van der Waals surface area (Å²) in [6.07, 6.45) is 4.39. The van der Waals surface area contributed by atoms with Gasteiger partial charge in [-0.15, -0.1) is 0 Å². The third kappa shape index (κ3) is 5.87. The van der Waals surface area contributed by atoms with Crippen LogP contribution >= 0.6 is 0 Å². The topological polar surface area (TPSA) is 154 Å². The summed E-state index contributed by atoms with van der Waals surface area (Å²) in [7, 11) is 2.10. The fourth-order valence-corrected chi connectivity index (χ4v) is 3.88. The minimum Gasteiger partial charge on any atom is -0.488 e. The first-order valence-corrected chi connectivity index (χ1v) is 10.4. The zero-order valence-corrected chi connectivity index (χ0v) is 17.4. The average molecular weight is 417 g/mol. The van der Waals surface area contributed by atoms with Crippen LogP contribution in [0.1, 0.15) is 19.3 Å². The zero-order chi connectivity index (χ0) is 21.5. The van der Waals surface area contributed by atoms with Crippen LogP contribution in [0, 0.1) is 23.2 Å². The maximum atomic E-state index is 13.1. The van der Waals surface area contributed by atoms with E-state index < -0.39 is 12.1 Å². The molecule has 3 heterocycles. The Hall–Kier alpha value is -2.29. The van der Waals surface area contributed by atoms with Crippen molar-refractivity contribution in [1.29, 1.82) is 5.26 Å². The summed E-state index contributed by atoms with van der Waals surface area (Å²) in [5, 5.41) is 18.3. The quantitative estimate of drug-likeness (QED) is 0.367. The third-order valence-corrected chi connectivity index (χ3v) is 5.71. The smallest absolute Gasteiger partial charge is 0.233 e. The number of nitriles is 1. The molecule has 2 fully saturated rings. The Labute approximate surface area is 177 Å². The summed E-state index contributed by atoms with van der Waals surface area (Å²) < 4.78 is 6.16. The van der Waals surface area contributed by atoms with Gasteiger partial charge in [0.25, 0.3) is 0 Å². The summed E-state index contributed by atoms with van der Waals surface area (Å²) in [6, 6.07) is 3.93. The lowest BCUT2D eigenvalue weighted by Crippen LogP contribution is -2.63. The molecule has 0 radical (unpaired) electrons. The SMILES string of the molecule is CN1CCC(Oc2ccncc2NC(=O)C(C(N)N)C2NCC(CC#N)CN2)CC1. The highest BCUT2D eigenvalue weighted by Gasteiger charge is 2.35. The van der Waals surface area contributed by atoms with Crippen molar-refractivity contribution >= 4 is 11.6 Å². The standard InChI is InChI=1S/C20H32N8O2/c1-28-8-4-14(5-9-28)30-16-3-7-24-12-15(16)27-20(29)17(18(22)23)19-25-10-13(2-6-21)11-26-19/h3,7,12-14,17-19,25-26H,2,4-5,8-11,22-23H2,1H3,(H,27,29). The second kappa shape index (κ2) is 10.7. The number of hydrogen-bond donors (Lipinski definition) is 5. The molecule has 30 heavy (non-hydrogen) atoms. The fraction of sp³-hybridized carbons (Fsp3) is 0.650. The number of carbonyl (C=O) groups is 1. The number of anilines is 1. The molecule has 1 aromatic rings. The Morgan fingerprint density at radius 2 is 2.10 bits per heavy atom. The van der Waals surface area contributed by atoms with Crippen LogP contribution in [0.2, 0.25) is 0 Å². The Morgan fingerprint density at radius 1 is 1.40 bits per heavy atom. The van der Waals surface area contributed by atoms with Crippen LogP contribution in [0.5, 0.6) is 5.75 Å². The van der Waals surface area contributed by atoms with E-state index in [-0.39, 0.29) is 24.1 Å². The maximum absolute atomic E-state index is 13.1. The van der Waals surface area contributed by atoms with E-state index in [1.54, 1.807) is 18.5 Å². The lowest BCUT2D eigenvalue weighted by atomic mass is 9.96. The van der Waals surface area contributed by atoms with Gasteiger partial charge in [-0.05, 0) is 25.8 Å². The molecule has 3 rings (SSSR count). The summed E-state index contributed by atoms with van der Waals surface area (Å²) in [5.41, 5.74) is 12.4. The maximum Gasteiger partial charge on any atom is 0.233 e. The first-order valence-electron chi connectivity index (χ1n) is 10.4. The minimum atomic E-state index is -0.863. The van der Waals surface area contributed by atoms with Crippen LogP contribution in [0.15, 0.2) is 18.5 Å². The number of rotatable bonds is 7. The highest BCUT2D eigenvalue weighted by atomic mass is 16.5. The molecule has 1 amide bonds. The molecule has 0 saturated carbocycles. The average Bonchev–Trinajstić information content (AvgIpc) is 2.72. The van der Waals surface area contributed by atoms with E-state index in [9.17, 15) is 4.79 Å². The number of hydrogen-bond acceptors (Lipinski definition) is 9. The van der Waals surface area contributed by atoms with Gasteiger partial charge in [0.15, 0.2) is 0 Å². The van der Waals surface area contributed by atoms with Gasteiger partial charge in [-0.2, -0.15) is 5.26 Å². The first kappa shape index (κ1) is 22.4. The predicted molar refractivity (Wildman–Crippen MR) is 113 cm³/mol. The molecular formula is C20H32N8O2. The van der Waals surface area contributed by atoms with Gasteiger partial charge in [0.2, 0.25) is 5.91 Å². The van der Waals surface area contributed by atoms with E-state index in [0.717, 1.165) is 25.9 Å². The normalized spacial score (nSPS) is 24.2. The molecule has 2 aliphatic heterocycles. The van der Waals surface area contributed by atoms with E-state index in [2.05, 4.69) is 39.0 Å². The Morgan fingerprint density at radius 3 is 2.73 bits per heavy atom. The van der Waals surface area contributed by atoms with Crippen molar-refractivity contribution in [3.8, 4) is 11.8 Å². The Bertz CT molecular complexity index is 737. The van der Waals surface area contributed by atoms with Gasteiger partial charge < -0.3 is 37.1 Å². The van der Waals surface area contributed by atoms with Crippen LogP contribution in [-0.2, 0) is 4.79 Å². The Kier molecular flexibility index (Phi) is 7.95. The molecule has 7 N–H and O–H groups in total. The number of aromatic nitrogens is 1. The zero-order valence-electron chi connectivity index (χ0n) is 17.4. The van der Waals surface area contributed by atoms with Gasteiger partial charge in [-0.3, -0.25) is 9.78 Å². The summed E-state index contributed by atoms with van der Waals surface area (Å²) in [5.74, 6) is -0.230. The third-order valence-electron chi connectivity index (χ3n) is 5.71. The number of amides is 1. The number of nitrogens with two attached hydrogens (primary N) is 2. The van der Waals surface area contributed by atoms with Crippen LogP contribution in [-0.4, -0.2) is 67.5 Å². The minimum absolute atomic E-state index is 0.102. The monoisotopic (exact) mass is 416 g/mol. The van der Waals surface area contributed by atoms with Gasteiger partial charge in [0.05, 0.1) is 30.5 Å². The van der Waals surface area contributed by atoms with Gasteiger partial charge in [-0.25, -0.2) is 0 Å². The number of carbonyl (C=O) groups excluding carboxylic acids is 1. The van der Waals surface area contributed by atoms with Gasteiger partial charge in [0.1, 0.15) is 17.5 Å². The largest absolute Gasteiger partial charge is 0.488 e. The van der Waals surface area contributed by atoms with Crippen LogP contribution in [0.4, 0.5) is 5.69 Å². The summed E-state index contributed by atoms with van der Waals surface area (Å²) in [4.78, 5) is 19.4. The number of pyridine rings is 1. The summed E-state index contributed by atoms with van der Waals surface area (Å²) in [6.45, 7) is 3.21. The van der Waals surface area contributed by atoms with Crippen molar-refractivity contribution in [1.82, 2.24) is 20.5 Å². The number of piperidine rings is 1. The molecule has 0 bridgehead atoms. The molecule has 0 aliphatic carbocycles. The number of nitrogens with zero attached hydrogens (tertiary/aromatic N) is 3. The Balaban J connectivity index is 1.64. The molecule has 10 heteroatoms. The van der Waals surface area contributed by atoms with Crippen molar-refractivity contribution in [2.45, 2.75) is 37.7 Å². The van der Waals surface area contributed by atoms with Gasteiger partial charge in [-0.1, -0.05) is 0 Å². The first-order chi connectivity index (χ1) is 14.5. The number of ether oxygens (including phenoxy) is 1. The lowest BCUT2D eigenvalue weighted by Gasteiger charge is -2.36. The second-order valence-corrected chi connectivity index (χ2v) is 8.11. The highest BCUT2D eigenvalue weighted by molar-refractivity contribution is 5.94.